The second-order valence-electron chi connectivity index (χ2n) is 5.10. The predicted molar refractivity (Wildman–Crippen MR) is 85.5 cm³/mol. The highest BCUT2D eigenvalue weighted by Crippen LogP contribution is 2.18. The van der Waals surface area contributed by atoms with Crippen LogP contribution in [0.4, 0.5) is 5.69 Å². The summed E-state index contributed by atoms with van der Waals surface area (Å²) in [6.07, 6.45) is 4.67. The van der Waals surface area contributed by atoms with E-state index in [9.17, 15) is 4.79 Å². The number of rotatable bonds is 4. The predicted octanol–water partition coefficient (Wildman–Crippen LogP) is 1.98. The second-order valence-corrected chi connectivity index (χ2v) is 5.10. The van der Waals surface area contributed by atoms with Crippen molar-refractivity contribution < 1.29 is 9.32 Å². The minimum Gasteiger partial charge on any atom is -0.356 e. The first-order valence-electron chi connectivity index (χ1n) is 7.24. The van der Waals surface area contributed by atoms with Crippen LogP contribution in [-0.2, 0) is 11.2 Å². The van der Waals surface area contributed by atoms with Crippen molar-refractivity contribution in [3.63, 3.8) is 0 Å². The van der Waals surface area contributed by atoms with Crippen molar-refractivity contribution >= 4 is 22.6 Å². The molecule has 3 heterocycles. The Morgan fingerprint density at radius 2 is 2.12 bits per heavy atom. The molecule has 0 aliphatic carbocycles. The number of aromatic nitrogens is 5. The van der Waals surface area contributed by atoms with Gasteiger partial charge in [-0.25, -0.2) is 14.6 Å². The number of carbonyl (C=O) groups is 1. The van der Waals surface area contributed by atoms with Gasteiger partial charge in [-0.2, -0.15) is 5.10 Å². The minimum absolute atomic E-state index is 0.127. The van der Waals surface area contributed by atoms with Crippen LogP contribution < -0.4 is 5.32 Å². The zero-order chi connectivity index (χ0) is 16.4. The third-order valence-electron chi connectivity index (χ3n) is 3.47. The molecule has 4 aromatic rings. The van der Waals surface area contributed by atoms with Gasteiger partial charge < -0.3 is 9.84 Å². The van der Waals surface area contributed by atoms with Gasteiger partial charge in [0.1, 0.15) is 18.3 Å². The topological polar surface area (TPSA) is 98.7 Å². The molecule has 0 atom stereocenters. The first kappa shape index (κ1) is 14.1. The van der Waals surface area contributed by atoms with Crippen LogP contribution in [0, 0.1) is 0 Å². The number of para-hydroxylation sites is 1. The molecule has 0 saturated carbocycles. The lowest BCUT2D eigenvalue weighted by Gasteiger charge is -2.05. The van der Waals surface area contributed by atoms with Crippen molar-refractivity contribution in [2.45, 2.75) is 6.42 Å². The summed E-state index contributed by atoms with van der Waals surface area (Å²) in [7, 11) is 0. The van der Waals surface area contributed by atoms with Gasteiger partial charge in [-0.15, -0.1) is 0 Å². The molecule has 8 nitrogen and oxygen atoms in total. The number of benzene rings is 1. The SMILES string of the molecule is O=C(Cc1noc2ccccc12)Nc1ccc(-n2cncn2)nc1. The number of amides is 1. The van der Waals surface area contributed by atoms with E-state index < -0.39 is 0 Å². The maximum atomic E-state index is 12.2. The Morgan fingerprint density at radius 3 is 2.92 bits per heavy atom. The van der Waals surface area contributed by atoms with Crippen molar-refractivity contribution in [3.8, 4) is 5.82 Å². The number of nitrogens with zero attached hydrogens (tertiary/aromatic N) is 5. The Labute approximate surface area is 136 Å². The van der Waals surface area contributed by atoms with E-state index in [4.69, 9.17) is 4.52 Å². The summed E-state index contributed by atoms with van der Waals surface area (Å²) in [6.45, 7) is 0. The standard InChI is InChI=1S/C16H12N6O2/c23-16(7-13-12-3-1-2-4-14(12)24-21-13)20-11-5-6-15(18-8-11)22-10-17-9-19-22/h1-6,8-10H,7H2,(H,20,23). The van der Waals surface area contributed by atoms with Gasteiger partial charge in [-0.1, -0.05) is 17.3 Å². The molecule has 0 aliphatic rings. The number of nitrogens with one attached hydrogen (secondary N) is 1. The molecular formula is C16H12N6O2. The third-order valence-corrected chi connectivity index (χ3v) is 3.47. The summed E-state index contributed by atoms with van der Waals surface area (Å²) in [4.78, 5) is 20.3. The van der Waals surface area contributed by atoms with Crippen LogP contribution >= 0.6 is 0 Å². The average molecular weight is 320 g/mol. The lowest BCUT2D eigenvalue weighted by Crippen LogP contribution is -2.15. The zero-order valence-corrected chi connectivity index (χ0v) is 12.5. The van der Waals surface area contributed by atoms with Crippen LogP contribution in [0.15, 0.2) is 59.8 Å². The summed E-state index contributed by atoms with van der Waals surface area (Å²) < 4.78 is 6.73. The molecule has 0 unspecified atom stereocenters. The molecule has 0 spiro atoms. The minimum atomic E-state index is -0.190. The van der Waals surface area contributed by atoms with Crippen LogP contribution in [0.25, 0.3) is 16.8 Å². The third kappa shape index (κ3) is 2.72. The first-order valence-corrected chi connectivity index (χ1v) is 7.24. The second kappa shape index (κ2) is 5.92. The Morgan fingerprint density at radius 1 is 1.21 bits per heavy atom. The quantitative estimate of drug-likeness (QED) is 0.617. The first-order chi connectivity index (χ1) is 11.8. The van der Waals surface area contributed by atoms with E-state index in [1.807, 2.05) is 24.3 Å². The normalized spacial score (nSPS) is 10.8. The molecule has 4 rings (SSSR count). The fourth-order valence-corrected chi connectivity index (χ4v) is 2.34. The largest absolute Gasteiger partial charge is 0.356 e. The van der Waals surface area contributed by atoms with Crippen molar-refractivity contribution in [1.82, 2.24) is 24.9 Å². The molecule has 24 heavy (non-hydrogen) atoms. The van der Waals surface area contributed by atoms with Gasteiger partial charge in [0.2, 0.25) is 5.91 Å². The van der Waals surface area contributed by atoms with Gasteiger partial charge in [-0.3, -0.25) is 4.79 Å². The van der Waals surface area contributed by atoms with Crippen molar-refractivity contribution in [2.75, 3.05) is 5.32 Å². The van der Waals surface area contributed by atoms with Gasteiger partial charge >= 0.3 is 0 Å². The Bertz CT molecular complexity index is 975. The van der Waals surface area contributed by atoms with Gasteiger partial charge in [0.05, 0.1) is 18.3 Å². The zero-order valence-electron chi connectivity index (χ0n) is 12.5. The molecular weight excluding hydrogens is 308 g/mol. The molecule has 0 saturated heterocycles. The number of pyridine rings is 1. The highest BCUT2D eigenvalue weighted by Gasteiger charge is 2.12. The number of fused-ring (bicyclic) bond motifs is 1. The molecule has 0 fully saturated rings. The Balaban J connectivity index is 1.46. The van der Waals surface area contributed by atoms with E-state index in [0.29, 0.717) is 22.8 Å². The van der Waals surface area contributed by atoms with Crippen LogP contribution in [-0.4, -0.2) is 30.8 Å². The molecule has 0 aliphatic heterocycles. The van der Waals surface area contributed by atoms with E-state index in [1.165, 1.54) is 11.0 Å². The van der Waals surface area contributed by atoms with Crippen molar-refractivity contribution in [1.29, 1.82) is 0 Å². The lowest BCUT2D eigenvalue weighted by molar-refractivity contribution is -0.115. The molecule has 8 heteroatoms. The highest BCUT2D eigenvalue weighted by atomic mass is 16.5. The van der Waals surface area contributed by atoms with Gasteiger partial charge in [0, 0.05) is 5.39 Å². The molecule has 0 radical (unpaired) electrons. The maximum absolute atomic E-state index is 12.2. The highest BCUT2D eigenvalue weighted by molar-refractivity contribution is 5.94. The van der Waals surface area contributed by atoms with Crippen molar-refractivity contribution in [2.24, 2.45) is 0 Å². The van der Waals surface area contributed by atoms with Gasteiger partial charge in [0.25, 0.3) is 0 Å². The van der Waals surface area contributed by atoms with Gasteiger partial charge in [0.15, 0.2) is 11.4 Å². The average Bonchev–Trinajstić information content (AvgIpc) is 3.26. The molecule has 0 bridgehead atoms. The van der Waals surface area contributed by atoms with Crippen LogP contribution in [0.1, 0.15) is 5.69 Å². The number of carbonyl (C=O) groups excluding carboxylic acids is 1. The molecule has 118 valence electrons. The van der Waals surface area contributed by atoms with E-state index in [1.54, 1.807) is 24.7 Å². The Kier molecular flexibility index (Phi) is 3.47. The van der Waals surface area contributed by atoms with Crippen molar-refractivity contribution in [3.05, 3.63) is 60.9 Å². The van der Waals surface area contributed by atoms with Gasteiger partial charge in [-0.05, 0) is 24.3 Å². The van der Waals surface area contributed by atoms with Crippen LogP contribution in [0.5, 0.6) is 0 Å². The number of anilines is 1. The summed E-state index contributed by atoms with van der Waals surface area (Å²) in [5.41, 5.74) is 1.87. The van der Waals surface area contributed by atoms with E-state index in [2.05, 4.69) is 25.5 Å². The number of hydrogen-bond donors (Lipinski definition) is 1. The summed E-state index contributed by atoms with van der Waals surface area (Å²) in [5, 5.41) is 11.6. The summed E-state index contributed by atoms with van der Waals surface area (Å²) in [5.74, 6) is 0.428. The van der Waals surface area contributed by atoms with E-state index >= 15 is 0 Å². The molecule has 1 amide bonds. The smallest absolute Gasteiger partial charge is 0.230 e. The van der Waals surface area contributed by atoms with Crippen LogP contribution in [0.2, 0.25) is 0 Å². The number of hydrogen-bond acceptors (Lipinski definition) is 6. The fraction of sp³-hybridized carbons (Fsp3) is 0.0625. The molecule has 3 aromatic heterocycles. The lowest BCUT2D eigenvalue weighted by atomic mass is 10.1. The summed E-state index contributed by atoms with van der Waals surface area (Å²) >= 11 is 0. The van der Waals surface area contributed by atoms with E-state index in [0.717, 1.165) is 5.39 Å². The van der Waals surface area contributed by atoms with E-state index in [-0.39, 0.29) is 12.3 Å². The monoisotopic (exact) mass is 320 g/mol. The maximum Gasteiger partial charge on any atom is 0.230 e. The fourth-order valence-electron chi connectivity index (χ4n) is 2.34. The van der Waals surface area contributed by atoms with Crippen LogP contribution in [0.3, 0.4) is 0 Å². The molecule has 1 aromatic carbocycles. The molecule has 1 N–H and O–H groups in total. The summed E-state index contributed by atoms with van der Waals surface area (Å²) in [6, 6.07) is 10.9. The Hall–Kier alpha value is -3.55.